The van der Waals surface area contributed by atoms with Crippen molar-refractivity contribution >= 4 is 22.6 Å². The van der Waals surface area contributed by atoms with E-state index in [1.165, 1.54) is 34.5 Å². The molecule has 3 aromatic carbocycles. The first-order chi connectivity index (χ1) is 17.6. The van der Waals surface area contributed by atoms with Gasteiger partial charge in [-0.15, -0.1) is 0 Å². The second-order valence-corrected chi connectivity index (χ2v) is 15.7. The van der Waals surface area contributed by atoms with E-state index in [1.54, 1.807) is 12.1 Å². The molecule has 4 aromatic rings. The fraction of sp³-hybridized carbons (Fsp3) is 0.300. The maximum absolute atomic E-state index is 14.1. The minimum atomic E-state index is -4.27. The van der Waals surface area contributed by atoms with E-state index in [2.05, 4.69) is 75.3 Å². The molecule has 0 unspecified atom stereocenters. The molecule has 0 aliphatic rings. The van der Waals surface area contributed by atoms with Gasteiger partial charge in [0.15, 0.2) is 7.14 Å². The van der Waals surface area contributed by atoms with Gasteiger partial charge in [0, 0.05) is 10.5 Å². The Morgan fingerprint density at radius 2 is 1.42 bits per heavy atom. The third-order valence-corrected chi connectivity index (χ3v) is 11.4. The number of imidazole rings is 1. The highest BCUT2D eigenvalue weighted by molar-refractivity contribution is 7.85. The standard InChI is InChI=1S/C23H30N2OP.C7H8O3S/c1-18-14-19(2)22(20(3)15-18)25-13-12-24(16-25)17-27(26,23(4,5)6)21-10-8-7-9-11-21;1-6-2-4-7(5-3-6)11(8,9)10/h7-16H,17H2,1-6H3;2-5H,1H3,(H,8,9,10)/q+1;/p-1/t27-;/m1./s1. The zero-order valence-corrected chi connectivity index (χ0v) is 24.9. The molecule has 202 valence electrons. The lowest BCUT2D eigenvalue weighted by Crippen LogP contribution is -2.31. The SMILES string of the molecule is Cc1cc(C)c(-[n+]2ccn(C[P@@](=O)(c3ccccc3)C(C)(C)C)c2)c(C)c1.Cc1ccc(S(=O)(=O)[O-])cc1. The van der Waals surface area contributed by atoms with Crippen LogP contribution in [-0.4, -0.2) is 22.7 Å². The summed E-state index contributed by atoms with van der Waals surface area (Å²) in [6, 6.07) is 20.1. The Morgan fingerprint density at radius 3 is 1.92 bits per heavy atom. The van der Waals surface area contributed by atoms with Gasteiger partial charge in [-0.25, -0.2) is 17.6 Å². The molecule has 1 heterocycles. The molecular weight excluding hydrogens is 515 g/mol. The predicted octanol–water partition coefficient (Wildman–Crippen LogP) is 6.03. The number of hydrogen-bond donors (Lipinski definition) is 0. The Bertz CT molecular complexity index is 1530. The van der Waals surface area contributed by atoms with Gasteiger partial charge in [-0.05, 0) is 51.0 Å². The van der Waals surface area contributed by atoms with Gasteiger partial charge in [-0.1, -0.05) is 86.5 Å². The normalized spacial score (nSPS) is 13.4. The third kappa shape index (κ3) is 6.90. The number of aryl methyl sites for hydroxylation is 4. The highest BCUT2D eigenvalue weighted by Gasteiger charge is 2.40. The molecule has 0 radical (unpaired) electrons. The average molecular weight is 553 g/mol. The lowest BCUT2D eigenvalue weighted by Gasteiger charge is -2.30. The van der Waals surface area contributed by atoms with Gasteiger partial charge in [0.25, 0.3) is 0 Å². The van der Waals surface area contributed by atoms with Gasteiger partial charge in [-0.3, -0.25) is 0 Å². The zero-order valence-electron chi connectivity index (χ0n) is 23.2. The monoisotopic (exact) mass is 552 g/mol. The average Bonchev–Trinajstić information content (AvgIpc) is 3.26. The van der Waals surface area contributed by atoms with Crippen LogP contribution >= 0.6 is 7.14 Å². The molecule has 6 nitrogen and oxygen atoms in total. The molecule has 0 aliphatic heterocycles. The van der Waals surface area contributed by atoms with Crippen LogP contribution in [0.15, 0.2) is 90.3 Å². The molecule has 1 aromatic heterocycles. The van der Waals surface area contributed by atoms with Crippen molar-refractivity contribution in [3.63, 3.8) is 0 Å². The van der Waals surface area contributed by atoms with Crippen molar-refractivity contribution in [3.8, 4) is 5.69 Å². The summed E-state index contributed by atoms with van der Waals surface area (Å²) in [7, 11) is -6.91. The van der Waals surface area contributed by atoms with Crippen LogP contribution in [-0.2, 0) is 21.0 Å². The van der Waals surface area contributed by atoms with Crippen molar-refractivity contribution in [1.82, 2.24) is 4.57 Å². The topological polar surface area (TPSA) is 83.1 Å². The van der Waals surface area contributed by atoms with Crippen LogP contribution in [0.2, 0.25) is 0 Å². The maximum Gasteiger partial charge on any atom is 0.249 e. The first kappa shape index (κ1) is 29.6. The van der Waals surface area contributed by atoms with Gasteiger partial charge in [0.05, 0.1) is 4.90 Å². The molecule has 0 aliphatic carbocycles. The van der Waals surface area contributed by atoms with Crippen molar-refractivity contribution in [3.05, 3.63) is 108 Å². The molecular formula is C30H37N2O4PS. The molecule has 0 amide bonds. The van der Waals surface area contributed by atoms with Crippen LogP contribution in [0.1, 0.15) is 43.0 Å². The van der Waals surface area contributed by atoms with E-state index in [1.807, 2.05) is 43.5 Å². The molecule has 0 saturated heterocycles. The second-order valence-electron chi connectivity index (χ2n) is 10.7. The van der Waals surface area contributed by atoms with E-state index in [9.17, 15) is 17.5 Å². The molecule has 0 saturated carbocycles. The molecule has 1 atom stereocenters. The Balaban J connectivity index is 0.000000304. The summed E-state index contributed by atoms with van der Waals surface area (Å²) in [5, 5.41) is 0.638. The summed E-state index contributed by atoms with van der Waals surface area (Å²) >= 11 is 0. The van der Waals surface area contributed by atoms with Crippen LogP contribution in [0.25, 0.3) is 5.69 Å². The van der Waals surface area contributed by atoms with E-state index in [4.69, 9.17) is 0 Å². The second kappa shape index (κ2) is 11.4. The number of benzene rings is 3. The van der Waals surface area contributed by atoms with E-state index >= 15 is 0 Å². The largest absolute Gasteiger partial charge is 0.744 e. The van der Waals surface area contributed by atoms with Crippen molar-refractivity contribution in [2.24, 2.45) is 0 Å². The summed E-state index contributed by atoms with van der Waals surface area (Å²) in [5.74, 6) is 0. The van der Waals surface area contributed by atoms with Crippen molar-refractivity contribution < 1.29 is 22.1 Å². The quantitative estimate of drug-likeness (QED) is 0.172. The molecule has 4 rings (SSSR count). The van der Waals surface area contributed by atoms with Gasteiger partial charge < -0.3 is 9.12 Å². The number of rotatable bonds is 5. The zero-order chi connectivity index (χ0) is 28.3. The van der Waals surface area contributed by atoms with Crippen molar-refractivity contribution in [2.75, 3.05) is 0 Å². The summed E-state index contributed by atoms with van der Waals surface area (Å²) < 4.78 is 49.5. The lowest BCUT2D eigenvalue weighted by atomic mass is 10.1. The van der Waals surface area contributed by atoms with Crippen LogP contribution in [0, 0.1) is 27.7 Å². The minimum Gasteiger partial charge on any atom is -0.744 e. The van der Waals surface area contributed by atoms with Gasteiger partial charge in [0.1, 0.15) is 34.5 Å². The van der Waals surface area contributed by atoms with Crippen LogP contribution in [0.3, 0.4) is 0 Å². The molecule has 0 N–H and O–H groups in total. The molecule has 8 heteroatoms. The summed E-state index contributed by atoms with van der Waals surface area (Å²) in [5.41, 5.74) is 5.90. The summed E-state index contributed by atoms with van der Waals surface area (Å²) in [6.07, 6.45) is 6.65. The molecule has 0 bridgehead atoms. The highest BCUT2D eigenvalue weighted by atomic mass is 32.2. The fourth-order valence-corrected chi connectivity index (χ4v) is 7.59. The fourth-order valence-electron chi connectivity index (χ4n) is 4.47. The first-order valence-corrected chi connectivity index (χ1v) is 15.7. The summed E-state index contributed by atoms with van der Waals surface area (Å²) in [6.45, 7) is 14.5. The minimum absolute atomic E-state index is 0.178. The van der Waals surface area contributed by atoms with Gasteiger partial charge in [0.2, 0.25) is 6.33 Å². The Hall–Kier alpha value is -2.99. The Kier molecular flexibility index (Phi) is 8.87. The number of hydrogen-bond acceptors (Lipinski definition) is 4. The van der Waals surface area contributed by atoms with E-state index in [0.29, 0.717) is 6.29 Å². The van der Waals surface area contributed by atoms with Gasteiger partial charge in [-0.2, -0.15) is 0 Å². The molecule has 38 heavy (non-hydrogen) atoms. The van der Waals surface area contributed by atoms with E-state index < -0.39 is 17.3 Å². The molecule has 0 spiro atoms. The first-order valence-electron chi connectivity index (χ1n) is 12.4. The smallest absolute Gasteiger partial charge is 0.249 e. The summed E-state index contributed by atoms with van der Waals surface area (Å²) in [4.78, 5) is -0.178. The lowest BCUT2D eigenvalue weighted by molar-refractivity contribution is -0.596. The van der Waals surface area contributed by atoms with Crippen molar-refractivity contribution in [1.29, 1.82) is 0 Å². The van der Waals surface area contributed by atoms with E-state index in [0.717, 1.165) is 10.9 Å². The molecule has 0 fully saturated rings. The van der Waals surface area contributed by atoms with Crippen LogP contribution < -0.4 is 9.87 Å². The maximum atomic E-state index is 14.1. The van der Waals surface area contributed by atoms with Crippen LogP contribution in [0.5, 0.6) is 0 Å². The number of aromatic nitrogens is 2. The van der Waals surface area contributed by atoms with E-state index in [-0.39, 0.29) is 10.1 Å². The van der Waals surface area contributed by atoms with Crippen LogP contribution in [0.4, 0.5) is 0 Å². The Morgan fingerprint density at radius 1 is 0.868 bits per heavy atom. The number of nitrogens with zero attached hydrogens (tertiary/aromatic N) is 2. The third-order valence-electron chi connectivity index (χ3n) is 6.51. The highest BCUT2D eigenvalue weighted by Crippen LogP contribution is 2.57. The Labute approximate surface area is 227 Å². The van der Waals surface area contributed by atoms with Crippen molar-refractivity contribution in [2.45, 2.75) is 64.8 Å². The van der Waals surface area contributed by atoms with Gasteiger partial charge >= 0.3 is 0 Å². The predicted molar refractivity (Wildman–Crippen MR) is 153 cm³/mol.